The van der Waals surface area contributed by atoms with Crippen LogP contribution in [0.1, 0.15) is 37.6 Å². The van der Waals surface area contributed by atoms with Gasteiger partial charge in [-0.05, 0) is 23.6 Å². The number of carbonyl (C=O) groups excluding carboxylic acids is 1. The predicted molar refractivity (Wildman–Crippen MR) is 66.5 cm³/mol. The lowest BCUT2D eigenvalue weighted by Crippen LogP contribution is -2.18. The normalized spacial score (nSPS) is 12.4. The molecule has 2 nitrogen and oxygen atoms in total. The monoisotopic (exact) mass is 294 g/mol. The molecule has 0 saturated carbocycles. The molecular formula is C13H14ClF3O2. The molecule has 0 N–H and O–H groups in total. The lowest BCUT2D eigenvalue weighted by Gasteiger charge is -2.17. The molecule has 1 aromatic rings. The van der Waals surface area contributed by atoms with Crippen LogP contribution in [0.3, 0.4) is 0 Å². The molecule has 0 radical (unpaired) electrons. The first-order valence-corrected chi connectivity index (χ1v) is 5.94. The lowest BCUT2D eigenvalue weighted by atomic mass is 9.88. The van der Waals surface area contributed by atoms with Crippen molar-refractivity contribution in [1.29, 1.82) is 0 Å². The van der Waals surface area contributed by atoms with Crippen LogP contribution in [0.5, 0.6) is 5.75 Å². The minimum absolute atomic E-state index is 0.0401. The molecule has 0 heterocycles. The van der Waals surface area contributed by atoms with Gasteiger partial charge in [0.2, 0.25) is 0 Å². The summed E-state index contributed by atoms with van der Waals surface area (Å²) in [7, 11) is 0. The van der Waals surface area contributed by atoms with Gasteiger partial charge in [0.15, 0.2) is 5.78 Å². The number of ether oxygens (including phenoxy) is 1. The number of Topliss-reactive ketones (excluding diaryl/α,β-unsaturated/α-hetero) is 1. The largest absolute Gasteiger partial charge is 0.573 e. The maximum absolute atomic E-state index is 12.1. The molecule has 0 saturated heterocycles. The third-order valence-corrected chi connectivity index (χ3v) is 2.49. The Bertz CT molecular complexity index is 476. The van der Waals surface area contributed by atoms with Gasteiger partial charge in [-0.25, -0.2) is 0 Å². The van der Waals surface area contributed by atoms with Crippen molar-refractivity contribution in [3.05, 3.63) is 28.8 Å². The van der Waals surface area contributed by atoms with E-state index in [4.69, 9.17) is 11.6 Å². The quantitative estimate of drug-likeness (QED) is 0.744. The highest BCUT2D eigenvalue weighted by atomic mass is 35.5. The van der Waals surface area contributed by atoms with E-state index in [2.05, 4.69) is 4.74 Å². The minimum atomic E-state index is -4.79. The van der Waals surface area contributed by atoms with Crippen molar-refractivity contribution in [1.82, 2.24) is 0 Å². The summed E-state index contributed by atoms with van der Waals surface area (Å²) < 4.78 is 40.1. The van der Waals surface area contributed by atoms with Crippen molar-refractivity contribution in [2.24, 2.45) is 5.41 Å². The van der Waals surface area contributed by atoms with E-state index in [0.29, 0.717) is 0 Å². The Kier molecular flexibility index (Phi) is 4.50. The second kappa shape index (κ2) is 5.41. The van der Waals surface area contributed by atoms with Crippen LogP contribution >= 0.6 is 11.6 Å². The van der Waals surface area contributed by atoms with Crippen LogP contribution in [-0.2, 0) is 0 Å². The van der Waals surface area contributed by atoms with Gasteiger partial charge in [0.1, 0.15) is 5.75 Å². The van der Waals surface area contributed by atoms with Gasteiger partial charge >= 0.3 is 6.36 Å². The molecule has 0 spiro atoms. The summed E-state index contributed by atoms with van der Waals surface area (Å²) in [6.07, 6.45) is -4.61. The Morgan fingerprint density at radius 1 is 1.26 bits per heavy atom. The molecule has 1 rings (SSSR count). The second-order valence-corrected chi connectivity index (χ2v) is 5.76. The van der Waals surface area contributed by atoms with Crippen LogP contribution in [0.4, 0.5) is 13.2 Å². The summed E-state index contributed by atoms with van der Waals surface area (Å²) in [5.41, 5.74) is -0.236. The molecule has 1 aromatic carbocycles. The first kappa shape index (κ1) is 15.8. The molecular weight excluding hydrogens is 281 g/mol. The molecule has 0 aromatic heterocycles. The fourth-order valence-electron chi connectivity index (χ4n) is 1.49. The molecule has 0 aliphatic heterocycles. The van der Waals surface area contributed by atoms with Gasteiger partial charge in [0.05, 0.1) is 5.02 Å². The van der Waals surface area contributed by atoms with Crippen LogP contribution in [0, 0.1) is 5.41 Å². The third-order valence-electron chi connectivity index (χ3n) is 2.16. The number of ketones is 1. The number of rotatable bonds is 3. The van der Waals surface area contributed by atoms with E-state index < -0.39 is 12.1 Å². The summed E-state index contributed by atoms with van der Waals surface area (Å²) in [6.45, 7) is 5.57. The van der Waals surface area contributed by atoms with E-state index in [1.807, 2.05) is 20.8 Å². The summed E-state index contributed by atoms with van der Waals surface area (Å²) in [6, 6.07) is 3.31. The molecule has 106 valence electrons. The zero-order chi connectivity index (χ0) is 14.8. The number of hydrogen-bond acceptors (Lipinski definition) is 2. The van der Waals surface area contributed by atoms with Gasteiger partial charge in [-0.15, -0.1) is 13.2 Å². The highest BCUT2D eigenvalue weighted by molar-refractivity contribution is 6.34. The molecule has 0 atom stereocenters. The Morgan fingerprint density at radius 3 is 2.32 bits per heavy atom. The standard InChI is InChI=1S/C13H14ClF3O2/c1-12(2,3)7-11(18)9-6-8(4-5-10(9)14)19-13(15,16)17/h4-6H,7H2,1-3H3. The van der Waals surface area contributed by atoms with Gasteiger partial charge in [-0.3, -0.25) is 4.79 Å². The van der Waals surface area contributed by atoms with Crippen molar-refractivity contribution in [2.75, 3.05) is 0 Å². The highest BCUT2D eigenvalue weighted by Crippen LogP contribution is 2.30. The van der Waals surface area contributed by atoms with Crippen molar-refractivity contribution in [3.63, 3.8) is 0 Å². The molecule has 0 fully saturated rings. The minimum Gasteiger partial charge on any atom is -0.406 e. The Morgan fingerprint density at radius 2 is 1.84 bits per heavy atom. The molecule has 0 unspecified atom stereocenters. The topological polar surface area (TPSA) is 26.3 Å². The summed E-state index contributed by atoms with van der Waals surface area (Å²) in [4.78, 5) is 12.0. The fraction of sp³-hybridized carbons (Fsp3) is 0.462. The summed E-state index contributed by atoms with van der Waals surface area (Å²) in [5.74, 6) is -0.765. The first-order valence-electron chi connectivity index (χ1n) is 5.56. The molecule has 0 aliphatic carbocycles. The molecule has 19 heavy (non-hydrogen) atoms. The van der Waals surface area contributed by atoms with Crippen molar-refractivity contribution >= 4 is 17.4 Å². The zero-order valence-electron chi connectivity index (χ0n) is 10.8. The lowest BCUT2D eigenvalue weighted by molar-refractivity contribution is -0.274. The maximum atomic E-state index is 12.1. The molecule has 0 amide bonds. The Balaban J connectivity index is 3.01. The van der Waals surface area contributed by atoms with Crippen molar-refractivity contribution in [2.45, 2.75) is 33.6 Å². The summed E-state index contributed by atoms with van der Waals surface area (Å²) >= 11 is 5.83. The number of hydrogen-bond donors (Lipinski definition) is 0. The number of alkyl halides is 3. The zero-order valence-corrected chi connectivity index (χ0v) is 11.5. The van der Waals surface area contributed by atoms with Gasteiger partial charge in [-0.2, -0.15) is 0 Å². The van der Waals surface area contributed by atoms with Gasteiger partial charge < -0.3 is 4.74 Å². The van der Waals surface area contributed by atoms with E-state index in [-0.39, 0.29) is 28.2 Å². The Labute approximate surface area is 114 Å². The Hall–Kier alpha value is -1.23. The number of halogens is 4. The second-order valence-electron chi connectivity index (χ2n) is 5.35. The van der Waals surface area contributed by atoms with E-state index in [9.17, 15) is 18.0 Å². The van der Waals surface area contributed by atoms with E-state index in [1.54, 1.807) is 0 Å². The number of benzene rings is 1. The van der Waals surface area contributed by atoms with E-state index in [1.165, 1.54) is 6.07 Å². The SMILES string of the molecule is CC(C)(C)CC(=O)c1cc(OC(F)(F)F)ccc1Cl. The highest BCUT2D eigenvalue weighted by Gasteiger charge is 2.31. The van der Waals surface area contributed by atoms with E-state index >= 15 is 0 Å². The first-order chi connectivity index (χ1) is 8.48. The fourth-order valence-corrected chi connectivity index (χ4v) is 1.72. The van der Waals surface area contributed by atoms with Crippen LogP contribution in [0.25, 0.3) is 0 Å². The smallest absolute Gasteiger partial charge is 0.406 e. The van der Waals surface area contributed by atoms with E-state index in [0.717, 1.165) is 12.1 Å². The van der Waals surface area contributed by atoms with Crippen molar-refractivity contribution < 1.29 is 22.7 Å². The van der Waals surface area contributed by atoms with Gasteiger partial charge in [0, 0.05) is 12.0 Å². The third kappa shape index (κ3) is 5.51. The van der Waals surface area contributed by atoms with Gasteiger partial charge in [0.25, 0.3) is 0 Å². The maximum Gasteiger partial charge on any atom is 0.573 e. The molecule has 0 aliphatic rings. The van der Waals surface area contributed by atoms with Crippen molar-refractivity contribution in [3.8, 4) is 5.75 Å². The average Bonchev–Trinajstić information content (AvgIpc) is 2.16. The predicted octanol–water partition coefficient (Wildman–Crippen LogP) is 4.86. The number of carbonyl (C=O) groups is 1. The average molecular weight is 295 g/mol. The van der Waals surface area contributed by atoms with Crippen LogP contribution in [0.2, 0.25) is 5.02 Å². The summed E-state index contributed by atoms with van der Waals surface area (Å²) in [5, 5.41) is 0.115. The molecule has 6 heteroatoms. The molecule has 0 bridgehead atoms. The van der Waals surface area contributed by atoms with Crippen LogP contribution < -0.4 is 4.74 Å². The van der Waals surface area contributed by atoms with Gasteiger partial charge in [-0.1, -0.05) is 32.4 Å². The van der Waals surface area contributed by atoms with Crippen LogP contribution in [0.15, 0.2) is 18.2 Å². The van der Waals surface area contributed by atoms with Crippen LogP contribution in [-0.4, -0.2) is 12.1 Å².